The molecule has 0 amide bonds. The van der Waals surface area contributed by atoms with Gasteiger partial charge in [0.2, 0.25) is 0 Å². The van der Waals surface area contributed by atoms with Gasteiger partial charge in [-0.3, -0.25) is 0 Å². The molecule has 6 nitrogen and oxygen atoms in total. The van der Waals surface area contributed by atoms with Crippen molar-refractivity contribution in [2.24, 2.45) is 0 Å². The average molecular weight is 256 g/mol. The lowest BCUT2D eigenvalue weighted by atomic mass is 10.1. The number of aliphatic hydroxyl groups is 3. The van der Waals surface area contributed by atoms with E-state index in [1.165, 1.54) is 0 Å². The molecular weight excluding hydrogens is 240 g/mol. The van der Waals surface area contributed by atoms with E-state index >= 15 is 0 Å². The molecule has 0 radical (unpaired) electrons. The van der Waals surface area contributed by atoms with E-state index in [0.717, 1.165) is 5.56 Å². The highest BCUT2D eigenvalue weighted by Crippen LogP contribution is 2.09. The second-order valence-corrected chi connectivity index (χ2v) is 3.80. The quantitative estimate of drug-likeness (QED) is 0.517. The van der Waals surface area contributed by atoms with Crippen LogP contribution in [-0.4, -0.2) is 51.3 Å². The molecule has 3 atom stereocenters. The van der Waals surface area contributed by atoms with Crippen LogP contribution in [0.3, 0.4) is 0 Å². The van der Waals surface area contributed by atoms with Crippen LogP contribution in [0, 0.1) is 0 Å². The van der Waals surface area contributed by atoms with E-state index in [-0.39, 0.29) is 6.61 Å². The van der Waals surface area contributed by atoms with Crippen LogP contribution in [0.5, 0.6) is 0 Å². The van der Waals surface area contributed by atoms with Crippen LogP contribution in [0.2, 0.25) is 0 Å². The minimum Gasteiger partial charge on any atom is -0.479 e. The molecule has 0 saturated carbocycles. The maximum atomic E-state index is 10.9. The zero-order valence-corrected chi connectivity index (χ0v) is 9.64. The number of hydrogen-bond donors (Lipinski definition) is 4. The Hall–Kier alpha value is -1.47. The summed E-state index contributed by atoms with van der Waals surface area (Å²) in [5.41, 5.74) is 0.745. The Morgan fingerprint density at radius 2 is 1.83 bits per heavy atom. The van der Waals surface area contributed by atoms with Gasteiger partial charge >= 0.3 is 5.97 Å². The maximum absolute atomic E-state index is 10.9. The molecule has 0 aromatic heterocycles. The van der Waals surface area contributed by atoms with Gasteiger partial charge in [-0.05, 0) is 5.56 Å². The molecule has 0 bridgehead atoms. The van der Waals surface area contributed by atoms with Gasteiger partial charge in [0.05, 0.1) is 13.2 Å². The second kappa shape index (κ2) is 7.07. The summed E-state index contributed by atoms with van der Waals surface area (Å²) in [6, 6.07) is 8.84. The van der Waals surface area contributed by atoms with Gasteiger partial charge in [-0.1, -0.05) is 30.3 Å². The SMILES string of the molecule is O=C(O)[C@@H](OCc1ccccc1)[C@H](O)[C@H](O)CO. The fourth-order valence-corrected chi connectivity index (χ4v) is 1.39. The Bertz CT molecular complexity index is 366. The number of rotatable bonds is 7. The van der Waals surface area contributed by atoms with Gasteiger partial charge in [-0.2, -0.15) is 0 Å². The third-order valence-corrected chi connectivity index (χ3v) is 2.41. The molecule has 0 spiro atoms. The molecule has 1 aromatic carbocycles. The van der Waals surface area contributed by atoms with Crippen LogP contribution in [0.25, 0.3) is 0 Å². The molecule has 0 unspecified atom stereocenters. The van der Waals surface area contributed by atoms with E-state index < -0.39 is 30.9 Å². The molecule has 0 heterocycles. The molecule has 1 aromatic rings. The smallest absolute Gasteiger partial charge is 0.335 e. The number of ether oxygens (including phenoxy) is 1. The lowest BCUT2D eigenvalue weighted by molar-refractivity contribution is -0.168. The molecule has 18 heavy (non-hydrogen) atoms. The van der Waals surface area contributed by atoms with Crippen molar-refractivity contribution in [3.05, 3.63) is 35.9 Å². The lowest BCUT2D eigenvalue weighted by Crippen LogP contribution is -2.45. The fraction of sp³-hybridized carbons (Fsp3) is 0.417. The molecular formula is C12H16O6. The highest BCUT2D eigenvalue weighted by atomic mass is 16.5. The van der Waals surface area contributed by atoms with E-state index in [9.17, 15) is 15.0 Å². The topological polar surface area (TPSA) is 107 Å². The number of carbonyl (C=O) groups is 1. The highest BCUT2D eigenvalue weighted by molar-refractivity contribution is 5.73. The third-order valence-electron chi connectivity index (χ3n) is 2.41. The van der Waals surface area contributed by atoms with E-state index in [4.69, 9.17) is 14.9 Å². The van der Waals surface area contributed by atoms with Crippen molar-refractivity contribution >= 4 is 5.97 Å². The van der Waals surface area contributed by atoms with Crippen molar-refractivity contribution in [3.63, 3.8) is 0 Å². The van der Waals surface area contributed by atoms with Crippen molar-refractivity contribution in [2.75, 3.05) is 6.61 Å². The second-order valence-electron chi connectivity index (χ2n) is 3.80. The zero-order valence-electron chi connectivity index (χ0n) is 9.64. The molecule has 100 valence electrons. The monoisotopic (exact) mass is 256 g/mol. The van der Waals surface area contributed by atoms with Crippen LogP contribution in [0.1, 0.15) is 5.56 Å². The molecule has 0 aliphatic heterocycles. The van der Waals surface area contributed by atoms with Gasteiger partial charge < -0.3 is 25.2 Å². The summed E-state index contributed by atoms with van der Waals surface area (Å²) in [6.45, 7) is -0.743. The normalized spacial score (nSPS) is 15.9. The van der Waals surface area contributed by atoms with E-state index in [2.05, 4.69) is 0 Å². The zero-order chi connectivity index (χ0) is 13.5. The van der Waals surface area contributed by atoms with Gasteiger partial charge in [0.15, 0.2) is 6.10 Å². The summed E-state index contributed by atoms with van der Waals surface area (Å²) in [6.07, 6.45) is -4.83. The first-order chi connectivity index (χ1) is 8.56. The Morgan fingerprint density at radius 1 is 1.22 bits per heavy atom. The van der Waals surface area contributed by atoms with Crippen LogP contribution in [0.15, 0.2) is 30.3 Å². The predicted octanol–water partition coefficient (Wildman–Crippen LogP) is -0.629. The summed E-state index contributed by atoms with van der Waals surface area (Å²) < 4.78 is 5.05. The first-order valence-electron chi connectivity index (χ1n) is 5.41. The van der Waals surface area contributed by atoms with Crippen LogP contribution < -0.4 is 0 Å². The van der Waals surface area contributed by atoms with E-state index in [1.807, 2.05) is 6.07 Å². The summed E-state index contributed by atoms with van der Waals surface area (Å²) in [7, 11) is 0. The summed E-state index contributed by atoms with van der Waals surface area (Å²) in [5.74, 6) is -1.40. The number of aliphatic carboxylic acids is 1. The van der Waals surface area contributed by atoms with Crippen LogP contribution in [0.4, 0.5) is 0 Å². The van der Waals surface area contributed by atoms with Gasteiger partial charge in [0, 0.05) is 0 Å². The Morgan fingerprint density at radius 3 is 2.33 bits per heavy atom. The Kier molecular flexibility index (Phi) is 5.73. The summed E-state index contributed by atoms with van der Waals surface area (Å²) >= 11 is 0. The number of hydrogen-bond acceptors (Lipinski definition) is 5. The third kappa shape index (κ3) is 4.08. The van der Waals surface area contributed by atoms with Gasteiger partial charge in [-0.25, -0.2) is 4.79 Å². The van der Waals surface area contributed by atoms with E-state index in [1.54, 1.807) is 24.3 Å². The molecule has 0 saturated heterocycles. The average Bonchev–Trinajstić information content (AvgIpc) is 2.38. The Labute approximate surface area is 104 Å². The van der Waals surface area contributed by atoms with Crippen molar-refractivity contribution in [3.8, 4) is 0 Å². The van der Waals surface area contributed by atoms with Crippen molar-refractivity contribution in [1.82, 2.24) is 0 Å². The molecule has 1 rings (SSSR count). The largest absolute Gasteiger partial charge is 0.479 e. The van der Waals surface area contributed by atoms with Gasteiger partial charge in [-0.15, -0.1) is 0 Å². The molecule has 0 fully saturated rings. The van der Waals surface area contributed by atoms with Crippen molar-refractivity contribution in [1.29, 1.82) is 0 Å². The Balaban J connectivity index is 2.61. The number of aliphatic hydroxyl groups excluding tert-OH is 3. The van der Waals surface area contributed by atoms with E-state index in [0.29, 0.717) is 0 Å². The molecule has 6 heteroatoms. The van der Waals surface area contributed by atoms with Crippen LogP contribution >= 0.6 is 0 Å². The maximum Gasteiger partial charge on any atom is 0.335 e. The predicted molar refractivity (Wildman–Crippen MR) is 61.8 cm³/mol. The number of carboxylic acids is 1. The van der Waals surface area contributed by atoms with Gasteiger partial charge in [0.1, 0.15) is 12.2 Å². The first kappa shape index (κ1) is 14.6. The van der Waals surface area contributed by atoms with Crippen molar-refractivity contribution in [2.45, 2.75) is 24.9 Å². The molecule has 0 aliphatic rings. The number of benzene rings is 1. The fourth-order valence-electron chi connectivity index (χ4n) is 1.39. The first-order valence-corrected chi connectivity index (χ1v) is 5.41. The minimum atomic E-state index is -1.68. The lowest BCUT2D eigenvalue weighted by Gasteiger charge is -2.22. The summed E-state index contributed by atoms with van der Waals surface area (Å²) in [5, 5.41) is 36.3. The van der Waals surface area contributed by atoms with Gasteiger partial charge in [0.25, 0.3) is 0 Å². The van der Waals surface area contributed by atoms with Crippen molar-refractivity contribution < 1.29 is 30.0 Å². The number of carboxylic acid groups (broad SMARTS) is 1. The summed E-state index contributed by atoms with van der Waals surface area (Å²) in [4.78, 5) is 10.9. The standard InChI is InChI=1S/C12H16O6/c13-6-9(14)10(15)11(12(16)17)18-7-8-4-2-1-3-5-8/h1-5,9-11,13-15H,6-7H2,(H,16,17)/t9-,10-,11+/m1/s1. The minimum absolute atomic E-state index is 0.00693. The highest BCUT2D eigenvalue weighted by Gasteiger charge is 2.32. The molecule has 0 aliphatic carbocycles. The van der Waals surface area contributed by atoms with Crippen LogP contribution in [-0.2, 0) is 16.1 Å². The molecule has 4 N–H and O–H groups in total.